The van der Waals surface area contributed by atoms with Crippen LogP contribution >= 0.6 is 0 Å². The van der Waals surface area contributed by atoms with E-state index in [1.165, 1.54) is 6.08 Å². The molecule has 1 aromatic heterocycles. The second kappa shape index (κ2) is 11.6. The number of hydrogen-bond acceptors (Lipinski definition) is 5. The molecule has 0 spiro atoms. The number of hydrogen-bond donors (Lipinski definition) is 0. The molecule has 0 saturated carbocycles. The van der Waals surface area contributed by atoms with Gasteiger partial charge in [0.25, 0.3) is 0 Å². The summed E-state index contributed by atoms with van der Waals surface area (Å²) < 4.78 is 20.0. The van der Waals surface area contributed by atoms with Gasteiger partial charge in [-0.3, -0.25) is 9.88 Å². The maximum absolute atomic E-state index is 14.1. The van der Waals surface area contributed by atoms with Gasteiger partial charge in [-0.1, -0.05) is 6.92 Å². The van der Waals surface area contributed by atoms with Crippen molar-refractivity contribution in [3.8, 4) is 5.88 Å². The van der Waals surface area contributed by atoms with Crippen LogP contribution in [0.3, 0.4) is 0 Å². The largest absolute Gasteiger partial charge is 0.471 e. The van der Waals surface area contributed by atoms with Crippen molar-refractivity contribution >= 4 is 6.29 Å². The first-order chi connectivity index (χ1) is 14.3. The normalized spacial score (nSPS) is 14.9. The minimum atomic E-state index is -0.376. The monoisotopic (exact) mass is 413 g/mol. The molecule has 6 heteroatoms. The zero-order valence-corrected chi connectivity index (χ0v) is 18.4. The average molecular weight is 414 g/mol. The highest BCUT2D eigenvalue weighted by Crippen LogP contribution is 2.23. The number of carbonyl (C=O) groups excluding carboxylic acids is 1. The van der Waals surface area contributed by atoms with Gasteiger partial charge in [-0.15, -0.1) is 5.73 Å². The Labute approximate surface area is 179 Å². The number of carbonyl (C=O) groups is 1. The highest BCUT2D eigenvalue weighted by Gasteiger charge is 2.20. The second-order valence-electron chi connectivity index (χ2n) is 8.40. The third-order valence-electron chi connectivity index (χ3n) is 4.53. The van der Waals surface area contributed by atoms with E-state index < -0.39 is 0 Å². The fraction of sp³-hybridized carbons (Fsp3) is 0.500. The van der Waals surface area contributed by atoms with Gasteiger partial charge in [0.15, 0.2) is 0 Å². The Balaban J connectivity index is 2.04. The van der Waals surface area contributed by atoms with Gasteiger partial charge in [-0.2, -0.15) is 0 Å². The summed E-state index contributed by atoms with van der Waals surface area (Å²) in [6.07, 6.45) is 12.6. The number of allylic oxidation sites excluding steroid dienone is 5. The van der Waals surface area contributed by atoms with Crippen molar-refractivity contribution in [1.82, 2.24) is 14.9 Å². The molecule has 1 aliphatic carbocycles. The van der Waals surface area contributed by atoms with E-state index in [4.69, 9.17) is 4.74 Å². The van der Waals surface area contributed by atoms with Crippen molar-refractivity contribution in [2.45, 2.75) is 59.1 Å². The topological polar surface area (TPSA) is 55.3 Å². The van der Waals surface area contributed by atoms with E-state index >= 15 is 0 Å². The molecule has 0 radical (unpaired) electrons. The third-order valence-corrected chi connectivity index (χ3v) is 4.53. The summed E-state index contributed by atoms with van der Waals surface area (Å²) in [5.41, 5.74) is 3.83. The first kappa shape index (κ1) is 23.7. The number of nitrogens with zero attached hydrogens (tertiary/aromatic N) is 3. The Kier molecular flexibility index (Phi) is 9.15. The van der Waals surface area contributed by atoms with Gasteiger partial charge in [0.2, 0.25) is 5.88 Å². The van der Waals surface area contributed by atoms with Crippen molar-refractivity contribution < 1.29 is 13.9 Å². The van der Waals surface area contributed by atoms with Gasteiger partial charge in [-0.25, -0.2) is 9.37 Å². The van der Waals surface area contributed by atoms with E-state index in [0.29, 0.717) is 37.4 Å². The fourth-order valence-electron chi connectivity index (χ4n) is 3.19. The third kappa shape index (κ3) is 8.05. The molecule has 1 unspecified atom stereocenters. The van der Waals surface area contributed by atoms with Crippen molar-refractivity contribution in [3.63, 3.8) is 0 Å². The molecule has 0 saturated heterocycles. The molecule has 5 nitrogen and oxygen atoms in total. The highest BCUT2D eigenvalue weighted by molar-refractivity contribution is 5.54. The Morgan fingerprint density at radius 3 is 2.67 bits per heavy atom. The van der Waals surface area contributed by atoms with Crippen LogP contribution in [0.5, 0.6) is 5.88 Å². The van der Waals surface area contributed by atoms with Crippen LogP contribution in [0.25, 0.3) is 0 Å². The van der Waals surface area contributed by atoms with Gasteiger partial charge in [0.1, 0.15) is 23.4 Å². The van der Waals surface area contributed by atoms with Gasteiger partial charge in [-0.05, 0) is 76.5 Å². The number of aldehydes is 1. The summed E-state index contributed by atoms with van der Waals surface area (Å²) in [5.74, 6) is 0.0489. The Morgan fingerprint density at radius 2 is 1.97 bits per heavy atom. The number of rotatable bonds is 11. The van der Waals surface area contributed by atoms with Gasteiger partial charge in [0, 0.05) is 31.4 Å². The zero-order valence-electron chi connectivity index (χ0n) is 18.4. The van der Waals surface area contributed by atoms with E-state index in [1.807, 2.05) is 20.8 Å². The smallest absolute Gasteiger partial charge is 0.237 e. The second-order valence-corrected chi connectivity index (χ2v) is 8.40. The summed E-state index contributed by atoms with van der Waals surface area (Å²) in [7, 11) is 0. The average Bonchev–Trinajstić information content (AvgIpc) is 2.89. The van der Waals surface area contributed by atoms with Gasteiger partial charge >= 0.3 is 0 Å². The molecule has 1 aliphatic rings. The van der Waals surface area contributed by atoms with Gasteiger partial charge < -0.3 is 9.53 Å². The van der Waals surface area contributed by atoms with E-state index in [9.17, 15) is 9.18 Å². The first-order valence-electron chi connectivity index (χ1n) is 10.5. The highest BCUT2D eigenvalue weighted by atomic mass is 19.1. The zero-order chi connectivity index (χ0) is 22.0. The molecular formula is C24H32FN3O2. The van der Waals surface area contributed by atoms with Gasteiger partial charge in [0.05, 0.1) is 0 Å². The first-order valence-corrected chi connectivity index (χ1v) is 10.5. The number of halogens is 1. The summed E-state index contributed by atoms with van der Waals surface area (Å²) >= 11 is 0. The summed E-state index contributed by atoms with van der Waals surface area (Å²) in [4.78, 5) is 22.7. The lowest BCUT2D eigenvalue weighted by atomic mass is 9.99. The minimum Gasteiger partial charge on any atom is -0.471 e. The number of aromatic nitrogens is 2. The molecule has 1 heterocycles. The van der Waals surface area contributed by atoms with E-state index in [2.05, 4.69) is 27.5 Å². The fourth-order valence-corrected chi connectivity index (χ4v) is 3.19. The Morgan fingerprint density at radius 1 is 1.23 bits per heavy atom. The molecule has 30 heavy (non-hydrogen) atoms. The molecular weight excluding hydrogens is 381 g/mol. The van der Waals surface area contributed by atoms with Crippen LogP contribution in [0.4, 0.5) is 4.39 Å². The van der Waals surface area contributed by atoms with E-state index in [-0.39, 0.29) is 17.3 Å². The Bertz CT molecular complexity index is 833. The molecule has 0 N–H and O–H groups in total. The van der Waals surface area contributed by atoms with Crippen LogP contribution in [0.2, 0.25) is 0 Å². The number of ether oxygens (including phenoxy) is 1. The maximum atomic E-state index is 14.1. The lowest BCUT2D eigenvalue weighted by Gasteiger charge is -2.26. The lowest BCUT2D eigenvalue weighted by molar-refractivity contribution is -0.111. The van der Waals surface area contributed by atoms with Crippen LogP contribution in [0.15, 0.2) is 53.8 Å². The summed E-state index contributed by atoms with van der Waals surface area (Å²) in [6, 6.07) is 0. The molecule has 1 atom stereocenters. The Hall–Kier alpha value is -2.56. The summed E-state index contributed by atoms with van der Waals surface area (Å²) in [6.45, 7) is 9.95. The SMILES string of the molecule is CCCN(Cc1nccnc1OC(C)(C)C)CC(C=O)CCC1=CC=C=CC=C1F. The van der Waals surface area contributed by atoms with Crippen molar-refractivity contribution in [2.24, 2.45) is 5.92 Å². The molecule has 2 rings (SSSR count). The molecule has 0 aliphatic heterocycles. The van der Waals surface area contributed by atoms with Crippen LogP contribution < -0.4 is 4.74 Å². The van der Waals surface area contributed by atoms with Crippen LogP contribution in [0.1, 0.15) is 52.7 Å². The van der Waals surface area contributed by atoms with Crippen LogP contribution in [-0.2, 0) is 11.3 Å². The standard InChI is InChI=1S/C24H32FN3O2/c1-5-15-28(17-22-23(27-14-13-26-22)30-24(2,3)4)16-19(18-29)11-12-20-9-7-6-8-10-21(20)25/h7-10,13-14,18-19H,5,11-12,15-17H2,1-4H3. The van der Waals surface area contributed by atoms with Crippen molar-refractivity contribution in [2.75, 3.05) is 13.1 Å². The molecule has 0 bridgehead atoms. The molecule has 0 amide bonds. The minimum absolute atomic E-state index is 0.200. The molecule has 0 aromatic carbocycles. The lowest BCUT2D eigenvalue weighted by Crippen LogP contribution is -2.32. The van der Waals surface area contributed by atoms with E-state index in [1.54, 1.807) is 30.6 Å². The quantitative estimate of drug-likeness (QED) is 0.379. The predicted octanol–water partition coefficient (Wildman–Crippen LogP) is 4.97. The van der Waals surface area contributed by atoms with Crippen LogP contribution in [0, 0.1) is 5.92 Å². The predicted molar refractivity (Wildman–Crippen MR) is 117 cm³/mol. The van der Waals surface area contributed by atoms with Crippen molar-refractivity contribution in [3.05, 3.63) is 59.5 Å². The van der Waals surface area contributed by atoms with Crippen molar-refractivity contribution in [1.29, 1.82) is 0 Å². The summed E-state index contributed by atoms with van der Waals surface area (Å²) in [5, 5.41) is 0. The van der Waals surface area contributed by atoms with Crippen LogP contribution in [-0.4, -0.2) is 39.8 Å². The molecule has 1 aromatic rings. The molecule has 0 fully saturated rings. The maximum Gasteiger partial charge on any atom is 0.237 e. The van der Waals surface area contributed by atoms with E-state index in [0.717, 1.165) is 24.9 Å². The molecule has 162 valence electrons.